The van der Waals surface area contributed by atoms with E-state index in [2.05, 4.69) is 0 Å². The number of hydrogen-bond donors (Lipinski definition) is 0. The van der Waals surface area contributed by atoms with Crippen molar-refractivity contribution < 1.29 is 82.3 Å². The molecule has 0 bridgehead atoms. The largest absolute Gasteiger partial charge is 0 e. The minimum absolute atomic E-state index is 0. The zero-order valence-electron chi connectivity index (χ0n) is 1.76. The zero-order valence-corrected chi connectivity index (χ0v) is 8.07. The quantitative estimate of drug-likeness (QED) is 0.528. The predicted molar refractivity (Wildman–Crippen MR) is 0 cm³/mol. The summed E-state index contributed by atoms with van der Waals surface area (Å²) in [6.45, 7) is 0. The van der Waals surface area contributed by atoms with Crippen molar-refractivity contribution >= 4 is 0 Å². The van der Waals surface area contributed by atoms with E-state index >= 15 is 0 Å². The zero-order chi connectivity index (χ0) is 0. The van der Waals surface area contributed by atoms with Gasteiger partial charge in [0.05, 0.1) is 0 Å². The fourth-order valence-electron chi connectivity index (χ4n) is 0. The Balaban J connectivity index is 0. The van der Waals surface area contributed by atoms with Crippen LogP contribution in [0.4, 0.5) is 0 Å². The summed E-state index contributed by atoms with van der Waals surface area (Å²) in [4.78, 5) is 0. The normalized spacial score (nSPS) is 0. The van der Waals surface area contributed by atoms with Gasteiger partial charge in [0.15, 0.2) is 0 Å². The molecule has 0 aromatic carbocycles. The van der Waals surface area contributed by atoms with Crippen molar-refractivity contribution in [3.05, 3.63) is 0 Å². The summed E-state index contributed by atoms with van der Waals surface area (Å²) in [6, 6.07) is 0. The number of rotatable bonds is 0. The molecule has 0 atom stereocenters. The fraction of sp³-hybridized carbons (Fsp3) is 0. The van der Waals surface area contributed by atoms with Gasteiger partial charge in [-0.15, -0.1) is 0 Å². The number of hydrogen-bond acceptors (Lipinski definition) is 0. The van der Waals surface area contributed by atoms with Gasteiger partial charge in [0.25, 0.3) is 0 Å². The molecule has 0 unspecified atom stereocenters. The van der Waals surface area contributed by atoms with Gasteiger partial charge in [-0.1, -0.05) is 0 Å². The molecule has 0 saturated carbocycles. The summed E-state index contributed by atoms with van der Waals surface area (Å²) in [5.41, 5.74) is 0. The van der Waals surface area contributed by atoms with Crippen molar-refractivity contribution in [1.29, 1.82) is 0 Å². The average molecular weight is 247 g/mol. The van der Waals surface area contributed by atoms with E-state index in [1.807, 2.05) is 0 Å². The van der Waals surface area contributed by atoms with Crippen molar-refractivity contribution in [2.75, 3.05) is 0 Å². The van der Waals surface area contributed by atoms with Crippen LogP contribution in [0.2, 0.25) is 0 Å². The van der Waals surface area contributed by atoms with Gasteiger partial charge in [-0.3, -0.25) is 0 Å². The second-order valence-corrected chi connectivity index (χ2v) is 0. The molecule has 0 spiro atoms. The Morgan fingerprint density at radius 1 is 0.750 bits per heavy atom. The van der Waals surface area contributed by atoms with E-state index in [0.717, 1.165) is 0 Å². The summed E-state index contributed by atoms with van der Waals surface area (Å²) in [7, 11) is 0. The Bertz CT molecular complexity index is 6.00. The minimum atomic E-state index is 0. The fourth-order valence-corrected chi connectivity index (χ4v) is 0. The van der Waals surface area contributed by atoms with E-state index in [9.17, 15) is 0 Å². The third kappa shape index (κ3) is 8.82. The second kappa shape index (κ2) is 17.4. The molecule has 23 valence electrons. The van der Waals surface area contributed by atoms with E-state index in [0.29, 0.717) is 0 Å². The van der Waals surface area contributed by atoms with Gasteiger partial charge in [0.1, 0.15) is 0 Å². The van der Waals surface area contributed by atoms with E-state index < -0.39 is 0 Å². The standard InChI is InChI=1S/Nb.Ni.2Ti. The minimum Gasteiger partial charge on any atom is 0 e. The molecule has 0 aliphatic heterocycles. The van der Waals surface area contributed by atoms with Crippen LogP contribution in [0.3, 0.4) is 0 Å². The van der Waals surface area contributed by atoms with Crippen molar-refractivity contribution in [2.45, 2.75) is 0 Å². The molecular formula is NbNiTi2. The summed E-state index contributed by atoms with van der Waals surface area (Å²) in [5.74, 6) is 0. The van der Waals surface area contributed by atoms with Crippen molar-refractivity contribution in [2.24, 2.45) is 0 Å². The Morgan fingerprint density at radius 2 is 0.750 bits per heavy atom. The molecule has 0 aromatic heterocycles. The molecule has 0 saturated heterocycles. The first kappa shape index (κ1) is 30.1. The van der Waals surface area contributed by atoms with E-state index in [4.69, 9.17) is 0 Å². The monoisotopic (exact) mass is 247 g/mol. The van der Waals surface area contributed by atoms with Crippen LogP contribution in [0.5, 0.6) is 0 Å². The van der Waals surface area contributed by atoms with Crippen LogP contribution in [0.15, 0.2) is 0 Å². The third-order valence-corrected chi connectivity index (χ3v) is 0. The van der Waals surface area contributed by atoms with Crippen molar-refractivity contribution in [3.63, 3.8) is 0 Å². The Morgan fingerprint density at radius 3 is 0.750 bits per heavy atom. The van der Waals surface area contributed by atoms with Crippen LogP contribution in [-0.4, -0.2) is 0 Å². The van der Waals surface area contributed by atoms with Gasteiger partial charge >= 0.3 is 0 Å². The van der Waals surface area contributed by atoms with Crippen LogP contribution in [-0.2, 0) is 82.3 Å². The summed E-state index contributed by atoms with van der Waals surface area (Å²) in [6.07, 6.45) is 0. The predicted octanol–water partition coefficient (Wildman–Crippen LogP) is -0.0100. The van der Waals surface area contributed by atoms with Gasteiger partial charge < -0.3 is 0 Å². The van der Waals surface area contributed by atoms with Crippen LogP contribution in [0.25, 0.3) is 0 Å². The van der Waals surface area contributed by atoms with E-state index in [1.54, 1.807) is 0 Å². The van der Waals surface area contributed by atoms with Crippen LogP contribution in [0, 0.1) is 0 Å². The topological polar surface area (TPSA) is 0 Å². The van der Waals surface area contributed by atoms with E-state index in [1.165, 1.54) is 0 Å². The van der Waals surface area contributed by atoms with Gasteiger partial charge in [-0.2, -0.15) is 0 Å². The molecule has 0 aromatic rings. The summed E-state index contributed by atoms with van der Waals surface area (Å²) >= 11 is 0. The molecule has 0 rings (SSSR count). The first-order valence-electron chi connectivity index (χ1n) is 0. The Kier molecular flexibility index (Phi) is 131. The Labute approximate surface area is 81.1 Å². The molecule has 0 aliphatic rings. The van der Waals surface area contributed by atoms with Gasteiger partial charge in [0.2, 0.25) is 0 Å². The van der Waals surface area contributed by atoms with Crippen LogP contribution >= 0.6 is 0 Å². The van der Waals surface area contributed by atoms with Crippen LogP contribution < -0.4 is 0 Å². The van der Waals surface area contributed by atoms with Crippen molar-refractivity contribution in [1.82, 2.24) is 0 Å². The molecule has 0 N–H and O–H groups in total. The van der Waals surface area contributed by atoms with Crippen LogP contribution in [0.1, 0.15) is 0 Å². The molecule has 1 radical (unpaired) electrons. The molecule has 4 heteroatoms. The third-order valence-electron chi connectivity index (χ3n) is 0. The van der Waals surface area contributed by atoms with Gasteiger partial charge in [-0.25, -0.2) is 0 Å². The molecule has 0 fully saturated rings. The SMILES string of the molecule is [Nb].[Ni].[Ti].[Ti]. The first-order valence-corrected chi connectivity index (χ1v) is 0. The average Bonchev–Trinajstić information content (AvgIpc) is 0. The molecule has 0 amide bonds. The van der Waals surface area contributed by atoms with Gasteiger partial charge in [-0.05, 0) is 0 Å². The second-order valence-electron chi connectivity index (χ2n) is 0. The summed E-state index contributed by atoms with van der Waals surface area (Å²) in [5, 5.41) is 0. The molecular weight excluding hydrogens is 247 g/mol. The molecule has 0 heterocycles. The maximum Gasteiger partial charge on any atom is 0 e. The smallest absolute Gasteiger partial charge is 0 e. The maximum atomic E-state index is 0. The summed E-state index contributed by atoms with van der Waals surface area (Å²) < 4.78 is 0. The maximum absolute atomic E-state index is 0. The first-order chi connectivity index (χ1) is 0. The molecule has 0 nitrogen and oxygen atoms in total. The van der Waals surface area contributed by atoms with E-state index in [-0.39, 0.29) is 82.3 Å². The van der Waals surface area contributed by atoms with Gasteiger partial charge in [0, 0.05) is 82.3 Å². The Hall–Kier alpha value is 2.66. The molecule has 4 heavy (non-hydrogen) atoms. The molecule has 0 aliphatic carbocycles. The van der Waals surface area contributed by atoms with Crippen molar-refractivity contribution in [3.8, 4) is 0 Å².